The summed E-state index contributed by atoms with van der Waals surface area (Å²) in [4.78, 5) is 17.5. The Morgan fingerprint density at radius 1 is 1.57 bits per heavy atom. The van der Waals surface area contributed by atoms with Gasteiger partial charge in [-0.3, -0.25) is 4.79 Å². The maximum absolute atomic E-state index is 11.6. The van der Waals surface area contributed by atoms with Crippen molar-refractivity contribution in [1.29, 1.82) is 0 Å². The van der Waals surface area contributed by atoms with Gasteiger partial charge in [-0.1, -0.05) is 0 Å². The minimum absolute atomic E-state index is 0.188. The molecule has 72 valence electrons. The first kappa shape index (κ1) is 7.79. The molecule has 0 aliphatic carbocycles. The Hall–Kier alpha value is -1.58. The van der Waals surface area contributed by atoms with Gasteiger partial charge in [0.15, 0.2) is 0 Å². The van der Waals surface area contributed by atoms with Crippen molar-refractivity contribution in [2.75, 3.05) is 11.5 Å². The van der Waals surface area contributed by atoms with E-state index in [1.807, 2.05) is 17.0 Å². The number of aromatic nitrogens is 1. The lowest BCUT2D eigenvalue weighted by atomic mass is 10.2. The number of hydrogen-bond acceptors (Lipinski definition) is 3. The van der Waals surface area contributed by atoms with Gasteiger partial charge in [0.25, 0.3) is 0 Å². The molecular weight excluding hydrogens is 180 g/mol. The van der Waals surface area contributed by atoms with Crippen molar-refractivity contribution in [3.63, 3.8) is 0 Å². The van der Waals surface area contributed by atoms with E-state index in [1.165, 1.54) is 0 Å². The maximum atomic E-state index is 11.6. The standard InChI is InChI=1S/C10H10N2O2/c13-9-4-3-7-6-14-10-8(12(7)9)2-1-5-11-10/h1-2,5,7H,3-4,6H2. The summed E-state index contributed by atoms with van der Waals surface area (Å²) in [7, 11) is 0. The molecular formula is C10H10N2O2. The Bertz CT molecular complexity index is 391. The van der Waals surface area contributed by atoms with Crippen LogP contribution in [0.1, 0.15) is 12.8 Å². The van der Waals surface area contributed by atoms with Crippen LogP contribution in [-0.4, -0.2) is 23.5 Å². The molecule has 1 saturated heterocycles. The van der Waals surface area contributed by atoms with Gasteiger partial charge >= 0.3 is 0 Å². The quantitative estimate of drug-likeness (QED) is 0.612. The smallest absolute Gasteiger partial charge is 0.238 e. The molecule has 1 fully saturated rings. The molecule has 0 radical (unpaired) electrons. The third-order valence-corrected chi connectivity index (χ3v) is 2.75. The van der Waals surface area contributed by atoms with Crippen LogP contribution in [0.25, 0.3) is 0 Å². The summed E-state index contributed by atoms with van der Waals surface area (Å²) in [5, 5.41) is 0. The van der Waals surface area contributed by atoms with Gasteiger partial charge in [0.1, 0.15) is 12.3 Å². The highest BCUT2D eigenvalue weighted by Crippen LogP contribution is 2.36. The molecule has 4 nitrogen and oxygen atoms in total. The topological polar surface area (TPSA) is 42.4 Å². The second-order valence-corrected chi connectivity index (χ2v) is 3.59. The number of carbonyl (C=O) groups excluding carboxylic acids is 1. The number of nitrogens with zero attached hydrogens (tertiary/aromatic N) is 2. The zero-order chi connectivity index (χ0) is 9.54. The Labute approximate surface area is 81.5 Å². The van der Waals surface area contributed by atoms with Gasteiger partial charge in [0, 0.05) is 12.6 Å². The van der Waals surface area contributed by atoms with Gasteiger partial charge < -0.3 is 9.64 Å². The monoisotopic (exact) mass is 190 g/mol. The van der Waals surface area contributed by atoms with E-state index in [-0.39, 0.29) is 11.9 Å². The molecule has 2 aliphatic heterocycles. The molecule has 1 aromatic heterocycles. The predicted octanol–water partition coefficient (Wildman–Crippen LogP) is 0.969. The summed E-state index contributed by atoms with van der Waals surface area (Å²) in [6, 6.07) is 3.94. The van der Waals surface area contributed by atoms with Gasteiger partial charge in [-0.25, -0.2) is 4.98 Å². The lowest BCUT2D eigenvalue weighted by molar-refractivity contribution is -0.117. The van der Waals surface area contributed by atoms with Gasteiger partial charge in [0.05, 0.1) is 6.04 Å². The Kier molecular flexibility index (Phi) is 1.50. The van der Waals surface area contributed by atoms with Crippen LogP contribution in [0.15, 0.2) is 18.3 Å². The number of hydrogen-bond donors (Lipinski definition) is 0. The molecule has 3 heterocycles. The van der Waals surface area contributed by atoms with E-state index in [1.54, 1.807) is 6.20 Å². The Balaban J connectivity index is 2.11. The van der Waals surface area contributed by atoms with Crippen LogP contribution in [0.2, 0.25) is 0 Å². The number of amides is 1. The molecule has 4 heteroatoms. The summed E-state index contributed by atoms with van der Waals surface area (Å²) in [6.45, 7) is 0.579. The number of pyridine rings is 1. The zero-order valence-electron chi connectivity index (χ0n) is 7.64. The molecule has 2 aliphatic rings. The first-order valence-corrected chi connectivity index (χ1v) is 4.76. The normalized spacial score (nSPS) is 24.1. The van der Waals surface area contributed by atoms with Crippen LogP contribution in [-0.2, 0) is 4.79 Å². The van der Waals surface area contributed by atoms with E-state index in [4.69, 9.17) is 4.74 Å². The van der Waals surface area contributed by atoms with E-state index < -0.39 is 0 Å². The summed E-state index contributed by atoms with van der Waals surface area (Å²) in [6.07, 6.45) is 3.20. The Morgan fingerprint density at radius 2 is 2.50 bits per heavy atom. The largest absolute Gasteiger partial charge is 0.474 e. The lowest BCUT2D eigenvalue weighted by Gasteiger charge is -2.30. The molecule has 0 spiro atoms. The number of ether oxygens (including phenoxy) is 1. The molecule has 0 N–H and O–H groups in total. The highest BCUT2D eigenvalue weighted by molar-refractivity contribution is 5.97. The van der Waals surface area contributed by atoms with Crippen molar-refractivity contribution in [3.05, 3.63) is 18.3 Å². The fraction of sp³-hybridized carbons (Fsp3) is 0.400. The van der Waals surface area contributed by atoms with Crippen LogP contribution in [0.5, 0.6) is 5.88 Å². The van der Waals surface area contributed by atoms with E-state index in [0.29, 0.717) is 18.9 Å². The van der Waals surface area contributed by atoms with E-state index in [2.05, 4.69) is 4.98 Å². The highest BCUT2D eigenvalue weighted by atomic mass is 16.5. The molecule has 3 rings (SSSR count). The zero-order valence-corrected chi connectivity index (χ0v) is 7.64. The van der Waals surface area contributed by atoms with Crippen molar-refractivity contribution in [2.45, 2.75) is 18.9 Å². The van der Waals surface area contributed by atoms with E-state index >= 15 is 0 Å². The van der Waals surface area contributed by atoms with Gasteiger partial charge in [-0.15, -0.1) is 0 Å². The lowest BCUT2D eigenvalue weighted by Crippen LogP contribution is -2.40. The van der Waals surface area contributed by atoms with Crippen LogP contribution in [0, 0.1) is 0 Å². The molecule has 14 heavy (non-hydrogen) atoms. The molecule has 0 saturated carbocycles. The second kappa shape index (κ2) is 2.70. The average molecular weight is 190 g/mol. The maximum Gasteiger partial charge on any atom is 0.238 e. The van der Waals surface area contributed by atoms with Crippen LogP contribution < -0.4 is 9.64 Å². The van der Waals surface area contributed by atoms with Gasteiger partial charge in [-0.2, -0.15) is 0 Å². The fourth-order valence-electron chi connectivity index (χ4n) is 2.08. The van der Waals surface area contributed by atoms with E-state index in [0.717, 1.165) is 12.1 Å². The van der Waals surface area contributed by atoms with Crippen molar-refractivity contribution < 1.29 is 9.53 Å². The SMILES string of the molecule is O=C1CCC2COc3ncccc3N12. The molecule has 1 unspecified atom stereocenters. The summed E-state index contributed by atoms with van der Waals surface area (Å²) >= 11 is 0. The van der Waals surface area contributed by atoms with Crippen LogP contribution in [0.3, 0.4) is 0 Å². The number of anilines is 1. The highest BCUT2D eigenvalue weighted by Gasteiger charge is 2.37. The number of rotatable bonds is 0. The molecule has 1 atom stereocenters. The van der Waals surface area contributed by atoms with Crippen molar-refractivity contribution in [3.8, 4) is 5.88 Å². The third kappa shape index (κ3) is 0.937. The first-order chi connectivity index (χ1) is 6.86. The van der Waals surface area contributed by atoms with Crippen molar-refractivity contribution in [1.82, 2.24) is 4.98 Å². The van der Waals surface area contributed by atoms with Crippen LogP contribution >= 0.6 is 0 Å². The van der Waals surface area contributed by atoms with E-state index in [9.17, 15) is 4.79 Å². The number of fused-ring (bicyclic) bond motifs is 3. The molecule has 0 aromatic carbocycles. The van der Waals surface area contributed by atoms with Crippen LogP contribution in [0.4, 0.5) is 5.69 Å². The molecule has 1 aromatic rings. The average Bonchev–Trinajstić information content (AvgIpc) is 2.61. The third-order valence-electron chi connectivity index (χ3n) is 2.75. The first-order valence-electron chi connectivity index (χ1n) is 4.76. The minimum Gasteiger partial charge on any atom is -0.474 e. The second-order valence-electron chi connectivity index (χ2n) is 3.59. The fourth-order valence-corrected chi connectivity index (χ4v) is 2.08. The van der Waals surface area contributed by atoms with Crippen molar-refractivity contribution >= 4 is 11.6 Å². The summed E-state index contributed by atoms with van der Waals surface area (Å²) in [5.74, 6) is 0.770. The molecule has 0 bridgehead atoms. The summed E-state index contributed by atoms with van der Waals surface area (Å²) < 4.78 is 5.48. The Morgan fingerprint density at radius 3 is 3.43 bits per heavy atom. The molecule has 1 amide bonds. The predicted molar refractivity (Wildman–Crippen MR) is 50.2 cm³/mol. The van der Waals surface area contributed by atoms with Gasteiger partial charge in [0.2, 0.25) is 11.8 Å². The minimum atomic E-state index is 0.188. The van der Waals surface area contributed by atoms with Gasteiger partial charge in [-0.05, 0) is 18.6 Å². The van der Waals surface area contributed by atoms with Crippen molar-refractivity contribution in [2.24, 2.45) is 0 Å². The number of carbonyl (C=O) groups is 1. The summed E-state index contributed by atoms with van der Waals surface area (Å²) in [5.41, 5.74) is 0.825.